The Balaban J connectivity index is 0.602. The van der Waals surface area contributed by atoms with Gasteiger partial charge in [0.05, 0.1) is 92.5 Å². The van der Waals surface area contributed by atoms with E-state index in [0.29, 0.717) is 200 Å². The molecule has 31 nitrogen and oxygen atoms in total. The summed E-state index contributed by atoms with van der Waals surface area (Å²) in [5, 5.41) is 39.6. The first-order valence-corrected chi connectivity index (χ1v) is 38.8. The Kier molecular flexibility index (Phi) is 29.2. The number of carbonyl (C=O) groups is 3. The standard InChI is InChI=1S/C78H84F6N21O10P/c1-4-103(25-10-31-110-52-19-22-55-64(43-52)85-46-88-76(55)94-67-37-49(97-100-67)40-70(106)91-61-16-7-13-58(79)73(61)82)28-34-113-116(109,114-35-29-104(5-2)26-11-32-111-53-20-23-56-65(44-53)86-47-89-77(56)95-68-38-50(98-101-68)41-71(107)92-62-17-8-14-59(80)74(62)83)115-36-30-105(6-3)27-12-33-112-54-21-24-57-66(45-54)87-48-90-78(57)96-69-39-51(99-102-69)42-72(108)93-63-18-9-15-60(81)75(63)84/h7-9,13-24,37-39,43-48H,4-6,10-12,25-36,40-42H2,1-3H3,(H,91,106)(H,92,107)(H,93,108)(H2,85,88,94,97,100)(H2,86,89,95,98,101)(H2,87,90,96,99,102). The molecule has 12 rings (SSSR count). The molecule has 0 atom stereocenters. The van der Waals surface area contributed by atoms with E-state index in [4.69, 9.17) is 27.8 Å². The number of hydrogen-bond acceptors (Lipinski definition) is 25. The number of ether oxygens (including phenoxy) is 3. The van der Waals surface area contributed by atoms with Crippen LogP contribution in [0.5, 0.6) is 17.2 Å². The van der Waals surface area contributed by atoms with E-state index in [2.05, 4.69) is 107 Å². The number of fused-ring (bicyclic) bond motifs is 3. The van der Waals surface area contributed by atoms with Crippen molar-refractivity contribution in [1.29, 1.82) is 0 Å². The number of carbonyl (C=O) groups excluding carboxylic acids is 3. The topological polar surface area (TPSA) is 369 Å². The predicted octanol–water partition coefficient (Wildman–Crippen LogP) is 13.1. The van der Waals surface area contributed by atoms with Crippen molar-refractivity contribution in [3.05, 3.63) is 198 Å². The van der Waals surface area contributed by atoms with Crippen LogP contribution < -0.4 is 46.1 Å². The van der Waals surface area contributed by atoms with Crippen LogP contribution >= 0.6 is 7.82 Å². The van der Waals surface area contributed by atoms with E-state index in [0.717, 1.165) is 18.2 Å². The molecule has 0 aliphatic rings. The molecule has 9 N–H and O–H groups in total. The number of phosphoric acid groups is 1. The molecular weight excluding hydrogens is 1540 g/mol. The Hall–Kier alpha value is -12.3. The van der Waals surface area contributed by atoms with Gasteiger partial charge in [-0.1, -0.05) is 39.0 Å². The molecule has 6 aromatic carbocycles. The Bertz CT molecular complexity index is 4880. The summed E-state index contributed by atoms with van der Waals surface area (Å²) < 4.78 is 135. The van der Waals surface area contributed by atoms with E-state index < -0.39 is 60.4 Å². The number of amides is 3. The van der Waals surface area contributed by atoms with Crippen LogP contribution in [0.2, 0.25) is 0 Å². The van der Waals surface area contributed by atoms with E-state index in [1.165, 1.54) is 55.4 Å². The highest BCUT2D eigenvalue weighted by Gasteiger charge is 2.28. The SMILES string of the molecule is CCN(CCCOc1ccc2c(Nc3cc(CC(=O)Nc4cccc(F)c4F)[nH]n3)ncnc2c1)CCOP(=O)(OCCN(CC)CCCOc1ccc2c(Nc3cc(CC(=O)Nc4cccc(F)c4F)[nH]n3)ncnc2c1)OCCN(CC)CCCOc1ccc2c(Nc3cc(CC(=O)Nc4cccc(F)c4F)[nH]n3)ncnc2c1. The molecule has 6 aromatic heterocycles. The van der Waals surface area contributed by atoms with Crippen LogP contribution in [0.15, 0.2) is 146 Å². The first kappa shape index (κ1) is 83.2. The lowest BCUT2D eigenvalue weighted by molar-refractivity contribution is -0.116. The van der Waals surface area contributed by atoms with Gasteiger partial charge in [0.15, 0.2) is 52.4 Å². The molecule has 0 saturated heterocycles. The summed E-state index contributed by atoms with van der Waals surface area (Å²) in [6.45, 7) is 12.3. The largest absolute Gasteiger partial charge is 0.493 e. The van der Waals surface area contributed by atoms with Crippen molar-refractivity contribution in [2.45, 2.75) is 59.3 Å². The second-order valence-electron chi connectivity index (χ2n) is 26.2. The van der Waals surface area contributed by atoms with Crippen LogP contribution in [-0.4, -0.2) is 191 Å². The van der Waals surface area contributed by atoms with E-state index >= 15 is 0 Å². The number of H-pyrrole nitrogens is 3. The van der Waals surface area contributed by atoms with Crippen molar-refractivity contribution in [2.75, 3.05) is 130 Å². The van der Waals surface area contributed by atoms with Crippen LogP contribution in [0.3, 0.4) is 0 Å². The number of likely N-dealkylation sites (N-methyl/N-ethyl adjacent to an activating group) is 3. The van der Waals surface area contributed by atoms with Crippen LogP contribution in [0.4, 0.5) is 78.3 Å². The van der Waals surface area contributed by atoms with E-state index in [-0.39, 0.29) is 56.1 Å². The van der Waals surface area contributed by atoms with Gasteiger partial charge in [-0.2, -0.15) is 15.3 Å². The van der Waals surface area contributed by atoms with Gasteiger partial charge in [0.1, 0.15) is 53.7 Å². The normalized spacial score (nSPS) is 11.7. The van der Waals surface area contributed by atoms with Crippen molar-refractivity contribution in [3.8, 4) is 17.2 Å². The summed E-state index contributed by atoms with van der Waals surface area (Å²) in [5.41, 5.74) is 2.20. The molecule has 0 unspecified atom stereocenters. The number of aromatic nitrogens is 12. The van der Waals surface area contributed by atoms with E-state index in [1.807, 2.05) is 39.0 Å². The van der Waals surface area contributed by atoms with Crippen LogP contribution in [0.25, 0.3) is 32.7 Å². The first-order valence-electron chi connectivity index (χ1n) is 37.3. The molecule has 116 heavy (non-hydrogen) atoms. The molecular formula is C78H84F6N21O10P. The number of nitrogens with one attached hydrogen (secondary N) is 9. The third-order valence-electron chi connectivity index (χ3n) is 18.2. The lowest BCUT2D eigenvalue weighted by Crippen LogP contribution is -2.31. The molecule has 3 amide bonds. The highest BCUT2D eigenvalue weighted by atomic mass is 31.2. The summed E-state index contributed by atoms with van der Waals surface area (Å²) in [6.07, 6.45) is 5.54. The van der Waals surface area contributed by atoms with Gasteiger partial charge in [0.2, 0.25) is 17.7 Å². The number of rotatable bonds is 45. The minimum absolute atomic E-state index is 0.0390. The zero-order valence-electron chi connectivity index (χ0n) is 63.4. The van der Waals surface area contributed by atoms with Gasteiger partial charge in [-0.05, 0) is 112 Å². The highest BCUT2D eigenvalue weighted by Crippen LogP contribution is 2.49. The maximum atomic E-state index is 14.7. The maximum absolute atomic E-state index is 14.7. The summed E-state index contributed by atoms with van der Waals surface area (Å²) in [5.74, 6) is -4.26. The summed E-state index contributed by atoms with van der Waals surface area (Å²) in [4.78, 5) is 70.9. The zero-order chi connectivity index (χ0) is 81.3. The fourth-order valence-electron chi connectivity index (χ4n) is 12.2. The smallest absolute Gasteiger partial charge is 0.474 e. The Labute approximate surface area is 661 Å². The van der Waals surface area contributed by atoms with Gasteiger partial charge < -0.3 is 60.8 Å². The lowest BCUT2D eigenvalue weighted by Gasteiger charge is -2.25. The highest BCUT2D eigenvalue weighted by molar-refractivity contribution is 7.48. The van der Waals surface area contributed by atoms with Crippen molar-refractivity contribution in [1.82, 2.24) is 75.2 Å². The number of halogens is 6. The predicted molar refractivity (Wildman–Crippen MR) is 422 cm³/mol. The van der Waals surface area contributed by atoms with Crippen molar-refractivity contribution < 1.29 is 73.1 Å². The number of nitrogens with zero attached hydrogens (tertiary/aromatic N) is 12. The molecule has 0 fully saturated rings. The summed E-state index contributed by atoms with van der Waals surface area (Å²) >= 11 is 0. The number of benzene rings is 6. The number of anilines is 9. The van der Waals surface area contributed by atoms with E-state index in [1.54, 1.807) is 54.6 Å². The molecule has 0 radical (unpaired) electrons. The third-order valence-corrected chi connectivity index (χ3v) is 19.7. The van der Waals surface area contributed by atoms with Crippen molar-refractivity contribution in [3.63, 3.8) is 0 Å². The molecule has 12 aromatic rings. The molecule has 0 aliphatic carbocycles. The van der Waals surface area contributed by atoms with Gasteiger partial charge in [-0.25, -0.2) is 60.8 Å². The third kappa shape index (κ3) is 23.5. The zero-order valence-corrected chi connectivity index (χ0v) is 64.3. The molecule has 6 heterocycles. The van der Waals surface area contributed by atoms with Crippen molar-refractivity contribution >= 4 is 110 Å². The molecule has 608 valence electrons. The lowest BCUT2D eigenvalue weighted by atomic mass is 10.2. The second-order valence-corrected chi connectivity index (χ2v) is 27.9. The minimum atomic E-state index is -4.14. The fourth-order valence-corrected chi connectivity index (χ4v) is 13.3. The van der Waals surface area contributed by atoms with Gasteiger partial charge in [0.25, 0.3) is 0 Å². The van der Waals surface area contributed by atoms with Crippen molar-refractivity contribution in [2.24, 2.45) is 0 Å². The maximum Gasteiger partial charge on any atom is 0.474 e. The van der Waals surface area contributed by atoms with Crippen LogP contribution in [-0.2, 0) is 51.8 Å². The van der Waals surface area contributed by atoms with Gasteiger partial charge in [0, 0.05) is 109 Å². The first-order chi connectivity index (χ1) is 56.3. The molecule has 38 heteroatoms. The average molecular weight is 1620 g/mol. The van der Waals surface area contributed by atoms with E-state index in [9.17, 15) is 45.3 Å². The van der Waals surface area contributed by atoms with Crippen LogP contribution in [0.1, 0.15) is 57.1 Å². The Morgan fingerprint density at radius 3 is 0.983 bits per heavy atom. The van der Waals surface area contributed by atoms with Gasteiger partial charge >= 0.3 is 7.82 Å². The number of phosphoric ester groups is 1. The second kappa shape index (κ2) is 40.7. The minimum Gasteiger partial charge on any atom is -0.493 e. The molecule has 0 aliphatic heterocycles. The fraction of sp³-hybridized carbons (Fsp3) is 0.308. The molecule has 0 bridgehead atoms. The average Bonchev–Trinajstić information content (AvgIpc) is 1.34. The van der Waals surface area contributed by atoms with Gasteiger partial charge in [-0.15, -0.1) is 0 Å². The monoisotopic (exact) mass is 1620 g/mol. The van der Waals surface area contributed by atoms with Crippen LogP contribution in [0, 0.1) is 34.9 Å². The Morgan fingerprint density at radius 2 is 0.690 bits per heavy atom. The number of hydrogen-bond donors (Lipinski definition) is 9. The summed E-state index contributed by atoms with van der Waals surface area (Å²) in [6, 6.07) is 31.6. The summed E-state index contributed by atoms with van der Waals surface area (Å²) in [7, 11) is -4.14. The number of aromatic amines is 3. The Morgan fingerprint density at radius 1 is 0.388 bits per heavy atom. The molecule has 0 saturated carbocycles. The quantitative estimate of drug-likeness (QED) is 0.00972. The molecule has 0 spiro atoms. The van der Waals surface area contributed by atoms with Gasteiger partial charge in [-0.3, -0.25) is 43.3 Å².